The molecule has 10 N–H and O–H groups in total. The van der Waals surface area contributed by atoms with E-state index in [1.54, 1.807) is 49.6 Å². The van der Waals surface area contributed by atoms with Crippen LogP contribution in [0.2, 0.25) is 0 Å². The van der Waals surface area contributed by atoms with Gasteiger partial charge in [0.1, 0.15) is 72.5 Å². The molecule has 300 valence electrons. The first-order valence-corrected chi connectivity index (χ1v) is 17.5. The van der Waals surface area contributed by atoms with Gasteiger partial charge in [0.25, 0.3) is 0 Å². The summed E-state index contributed by atoms with van der Waals surface area (Å²) in [5.74, 6) is 0.675. The van der Waals surface area contributed by atoms with E-state index in [2.05, 4.69) is 5.32 Å². The molecule has 1 amide bonds. The van der Waals surface area contributed by atoms with Crippen molar-refractivity contribution in [2.45, 2.75) is 105 Å². The van der Waals surface area contributed by atoms with Gasteiger partial charge in [-0.15, -0.1) is 0 Å². The third-order valence-corrected chi connectivity index (χ3v) is 9.47. The normalized spacial score (nSPS) is 37.2. The molecule has 0 bridgehead atoms. The fourth-order valence-corrected chi connectivity index (χ4v) is 6.19. The SMILES string of the molecule is COc1ccc(/C=C\C(=O)NCCc2ccc(O[C@@H]3O[C@@H](C)[C@H](O)[C@@H](O[C@@H]4O[C@H](CO)[C@@H](O)[C@H](O)[C@H]4O)[C@H]3O[C@@H]3O[C@H](CO)[C@@H](O)[C@H](O)[C@H]3O)cc2)cc1. The number of hydrogen-bond donors (Lipinski definition) is 10. The molecule has 0 saturated carbocycles. The van der Waals surface area contributed by atoms with Crippen LogP contribution in [-0.4, -0.2) is 171 Å². The van der Waals surface area contributed by atoms with Crippen LogP contribution in [0.25, 0.3) is 6.08 Å². The molecule has 0 aliphatic carbocycles. The molecule has 2 aromatic rings. The second kappa shape index (κ2) is 19.0. The Kier molecular flexibility index (Phi) is 14.7. The van der Waals surface area contributed by atoms with Crippen LogP contribution in [-0.2, 0) is 34.9 Å². The zero-order valence-corrected chi connectivity index (χ0v) is 29.6. The summed E-state index contributed by atoms with van der Waals surface area (Å²) in [6, 6.07) is 13.9. The van der Waals surface area contributed by atoms with Gasteiger partial charge in [-0.1, -0.05) is 24.3 Å². The van der Waals surface area contributed by atoms with Gasteiger partial charge >= 0.3 is 0 Å². The zero-order chi connectivity index (χ0) is 39.1. The van der Waals surface area contributed by atoms with Crippen molar-refractivity contribution in [2.75, 3.05) is 26.9 Å². The number of carbonyl (C=O) groups excluding carboxylic acids is 1. The summed E-state index contributed by atoms with van der Waals surface area (Å²) >= 11 is 0. The standard InChI is InChI=1S/C36H49NO17/c1-17-25(41)32(53-34-30(46)28(44)26(42)22(15-38)51-34)33(54-35-31(47)29(45)27(43)23(16-39)52-35)36(49-17)50-21-10-5-19(6-11-21)13-14-37-24(40)12-7-18-3-8-20(48-2)9-4-18/h3-12,17,22-23,25-36,38-39,41-47H,13-16H2,1-2H3,(H,37,40)/b12-7-/t17-,22+,23+,25-,26+,27+,28-,29-,30+,31+,32+,33+,34-,35-,36-/m0/s1. The summed E-state index contributed by atoms with van der Waals surface area (Å²) in [6.45, 7) is 0.308. The second-order valence-electron chi connectivity index (χ2n) is 13.2. The topological polar surface area (TPSA) is 276 Å². The van der Waals surface area contributed by atoms with E-state index in [1.165, 1.54) is 13.0 Å². The van der Waals surface area contributed by atoms with Crippen LogP contribution in [0.15, 0.2) is 54.6 Å². The molecule has 0 aromatic heterocycles. The van der Waals surface area contributed by atoms with Crippen LogP contribution >= 0.6 is 0 Å². The Bertz CT molecular complexity index is 1490. The van der Waals surface area contributed by atoms with Crippen molar-refractivity contribution >= 4 is 12.0 Å². The van der Waals surface area contributed by atoms with Gasteiger partial charge in [0, 0.05) is 12.6 Å². The Hall–Kier alpha value is -3.31. The molecule has 3 fully saturated rings. The predicted octanol–water partition coefficient (Wildman–Crippen LogP) is -3.08. The molecule has 5 rings (SSSR count). The summed E-state index contributed by atoms with van der Waals surface area (Å²) < 4.78 is 40.2. The van der Waals surface area contributed by atoms with Gasteiger partial charge in [0.15, 0.2) is 18.7 Å². The lowest BCUT2D eigenvalue weighted by Crippen LogP contribution is -2.67. The Morgan fingerprint density at radius 2 is 1.22 bits per heavy atom. The molecule has 3 heterocycles. The molecule has 0 spiro atoms. The van der Waals surface area contributed by atoms with E-state index in [4.69, 9.17) is 33.2 Å². The smallest absolute Gasteiger partial charge is 0.244 e. The Labute approximate surface area is 310 Å². The van der Waals surface area contributed by atoms with Crippen LogP contribution in [0, 0.1) is 0 Å². The van der Waals surface area contributed by atoms with E-state index in [1.807, 2.05) is 12.1 Å². The molecule has 15 atom stereocenters. The van der Waals surface area contributed by atoms with E-state index in [-0.39, 0.29) is 11.7 Å². The van der Waals surface area contributed by atoms with Crippen LogP contribution in [0.5, 0.6) is 11.5 Å². The van der Waals surface area contributed by atoms with Crippen LogP contribution in [0.4, 0.5) is 0 Å². The van der Waals surface area contributed by atoms with Gasteiger partial charge < -0.3 is 84.4 Å². The quantitative estimate of drug-likeness (QED) is 0.0854. The number of hydrogen-bond acceptors (Lipinski definition) is 17. The van der Waals surface area contributed by atoms with Crippen molar-refractivity contribution in [3.63, 3.8) is 0 Å². The maximum atomic E-state index is 12.3. The van der Waals surface area contributed by atoms with E-state index in [0.29, 0.717) is 18.7 Å². The summed E-state index contributed by atoms with van der Waals surface area (Å²) in [6.07, 6.45) is -20.5. The fraction of sp³-hybridized carbons (Fsp3) is 0.583. The first kappa shape index (κ1) is 41.8. The number of methoxy groups -OCH3 is 1. The minimum atomic E-state index is -1.87. The third kappa shape index (κ3) is 9.91. The summed E-state index contributed by atoms with van der Waals surface area (Å²) in [5, 5.41) is 96.1. The highest BCUT2D eigenvalue weighted by Crippen LogP contribution is 2.34. The second-order valence-corrected chi connectivity index (χ2v) is 13.2. The van der Waals surface area contributed by atoms with Gasteiger partial charge in [-0.3, -0.25) is 4.79 Å². The highest BCUT2D eigenvalue weighted by Gasteiger charge is 2.54. The summed E-state index contributed by atoms with van der Waals surface area (Å²) in [4.78, 5) is 12.3. The molecule has 2 aromatic carbocycles. The molecule has 3 saturated heterocycles. The molecule has 18 heteroatoms. The maximum absolute atomic E-state index is 12.3. The minimum Gasteiger partial charge on any atom is -0.497 e. The van der Waals surface area contributed by atoms with Crippen molar-refractivity contribution in [1.29, 1.82) is 0 Å². The van der Waals surface area contributed by atoms with E-state index in [0.717, 1.165) is 11.1 Å². The number of carbonyl (C=O) groups is 1. The maximum Gasteiger partial charge on any atom is 0.244 e. The number of nitrogens with one attached hydrogen (secondary N) is 1. The number of amides is 1. The third-order valence-electron chi connectivity index (χ3n) is 9.47. The highest BCUT2D eigenvalue weighted by molar-refractivity contribution is 5.91. The Morgan fingerprint density at radius 1 is 0.685 bits per heavy atom. The average molecular weight is 768 g/mol. The number of aliphatic hydroxyl groups is 9. The van der Waals surface area contributed by atoms with Gasteiger partial charge in [-0.05, 0) is 54.8 Å². The van der Waals surface area contributed by atoms with Crippen LogP contribution in [0.1, 0.15) is 18.1 Å². The molecule has 0 radical (unpaired) electrons. The highest BCUT2D eigenvalue weighted by atomic mass is 16.8. The molecule has 0 unspecified atom stereocenters. The summed E-state index contributed by atoms with van der Waals surface area (Å²) in [5.41, 5.74) is 1.67. The molecular formula is C36H49NO17. The molecule has 54 heavy (non-hydrogen) atoms. The number of benzene rings is 2. The number of ether oxygens (including phenoxy) is 7. The lowest BCUT2D eigenvalue weighted by atomic mass is 9.96. The van der Waals surface area contributed by atoms with Crippen molar-refractivity contribution in [3.05, 3.63) is 65.7 Å². The largest absolute Gasteiger partial charge is 0.497 e. The first-order valence-electron chi connectivity index (χ1n) is 17.5. The van der Waals surface area contributed by atoms with Gasteiger partial charge in [0.2, 0.25) is 12.2 Å². The molecule has 18 nitrogen and oxygen atoms in total. The van der Waals surface area contributed by atoms with Gasteiger partial charge in [-0.25, -0.2) is 0 Å². The van der Waals surface area contributed by atoms with Crippen molar-refractivity contribution in [3.8, 4) is 11.5 Å². The lowest BCUT2D eigenvalue weighted by Gasteiger charge is -2.48. The van der Waals surface area contributed by atoms with Gasteiger partial charge in [0.05, 0.1) is 26.4 Å². The van der Waals surface area contributed by atoms with Crippen molar-refractivity contribution in [2.24, 2.45) is 0 Å². The van der Waals surface area contributed by atoms with Crippen molar-refractivity contribution < 1.29 is 83.9 Å². The number of rotatable bonds is 14. The fourth-order valence-electron chi connectivity index (χ4n) is 6.19. The van der Waals surface area contributed by atoms with Crippen LogP contribution < -0.4 is 14.8 Å². The predicted molar refractivity (Wildman–Crippen MR) is 183 cm³/mol. The molecular weight excluding hydrogens is 718 g/mol. The Morgan fingerprint density at radius 3 is 1.76 bits per heavy atom. The number of aliphatic hydroxyl groups excluding tert-OH is 9. The van der Waals surface area contributed by atoms with Crippen molar-refractivity contribution in [1.82, 2.24) is 5.32 Å². The monoisotopic (exact) mass is 767 g/mol. The van der Waals surface area contributed by atoms with Gasteiger partial charge in [-0.2, -0.15) is 0 Å². The average Bonchev–Trinajstić information content (AvgIpc) is 3.18. The minimum absolute atomic E-state index is 0.243. The summed E-state index contributed by atoms with van der Waals surface area (Å²) in [7, 11) is 1.57. The van der Waals surface area contributed by atoms with E-state index >= 15 is 0 Å². The first-order chi connectivity index (χ1) is 25.8. The molecule has 3 aliphatic rings. The van der Waals surface area contributed by atoms with E-state index < -0.39 is 105 Å². The van der Waals surface area contributed by atoms with E-state index in [9.17, 15) is 50.8 Å². The molecule has 3 aliphatic heterocycles. The lowest BCUT2D eigenvalue weighted by molar-refractivity contribution is -0.382. The zero-order valence-electron chi connectivity index (χ0n) is 29.6. The van der Waals surface area contributed by atoms with Crippen LogP contribution in [0.3, 0.4) is 0 Å². The Balaban J connectivity index is 1.29.